The van der Waals surface area contributed by atoms with Gasteiger partial charge in [-0.1, -0.05) is 37.3 Å². The number of aryl methyl sites for hydroxylation is 2. The van der Waals surface area contributed by atoms with Gasteiger partial charge in [0.1, 0.15) is 0 Å². The standard InChI is InChI=1S/C15H18OS/c1-2-13-8-9-14(17-13)10-11-15(16)12-6-4-3-5-7-12/h3-9,15-16H,2,10-11H2,1H3. The van der Waals surface area contributed by atoms with Gasteiger partial charge in [-0.3, -0.25) is 0 Å². The summed E-state index contributed by atoms with van der Waals surface area (Å²) in [5.74, 6) is 0. The van der Waals surface area contributed by atoms with Crippen molar-refractivity contribution in [3.63, 3.8) is 0 Å². The Kier molecular flexibility index (Phi) is 4.35. The van der Waals surface area contributed by atoms with E-state index >= 15 is 0 Å². The third-order valence-electron chi connectivity index (χ3n) is 2.91. The van der Waals surface area contributed by atoms with Gasteiger partial charge in [-0.05, 0) is 37.0 Å². The van der Waals surface area contributed by atoms with E-state index in [0.29, 0.717) is 0 Å². The van der Waals surface area contributed by atoms with Crippen molar-refractivity contribution in [2.24, 2.45) is 0 Å². The number of thiophene rings is 1. The van der Waals surface area contributed by atoms with Crippen molar-refractivity contribution in [3.05, 3.63) is 57.8 Å². The van der Waals surface area contributed by atoms with E-state index in [4.69, 9.17) is 0 Å². The van der Waals surface area contributed by atoms with Crippen molar-refractivity contribution in [2.75, 3.05) is 0 Å². The molecule has 17 heavy (non-hydrogen) atoms. The molecule has 2 rings (SSSR count). The van der Waals surface area contributed by atoms with E-state index < -0.39 is 0 Å². The zero-order chi connectivity index (χ0) is 12.1. The van der Waals surface area contributed by atoms with Gasteiger partial charge in [-0.2, -0.15) is 0 Å². The molecule has 0 amide bonds. The molecule has 2 heteroatoms. The topological polar surface area (TPSA) is 20.2 Å². The van der Waals surface area contributed by atoms with E-state index in [0.717, 1.165) is 24.8 Å². The Morgan fingerprint density at radius 3 is 2.41 bits per heavy atom. The molecule has 0 aliphatic rings. The fraction of sp³-hybridized carbons (Fsp3) is 0.333. The Balaban J connectivity index is 1.90. The second kappa shape index (κ2) is 5.99. The molecule has 2 aromatic rings. The highest BCUT2D eigenvalue weighted by atomic mass is 32.1. The summed E-state index contributed by atoms with van der Waals surface area (Å²) >= 11 is 1.86. The largest absolute Gasteiger partial charge is 0.388 e. The summed E-state index contributed by atoms with van der Waals surface area (Å²) in [5, 5.41) is 10.1. The molecule has 0 aliphatic heterocycles. The Hall–Kier alpha value is -1.12. The fourth-order valence-electron chi connectivity index (χ4n) is 1.87. The third-order valence-corrected chi connectivity index (χ3v) is 4.20. The fourth-order valence-corrected chi connectivity index (χ4v) is 2.84. The van der Waals surface area contributed by atoms with Crippen LogP contribution in [-0.4, -0.2) is 5.11 Å². The molecule has 0 radical (unpaired) electrons. The lowest BCUT2D eigenvalue weighted by atomic mass is 10.0. The number of rotatable bonds is 5. The Bertz CT molecular complexity index is 447. The van der Waals surface area contributed by atoms with Crippen molar-refractivity contribution >= 4 is 11.3 Å². The monoisotopic (exact) mass is 246 g/mol. The number of benzene rings is 1. The van der Waals surface area contributed by atoms with E-state index in [1.807, 2.05) is 41.7 Å². The van der Waals surface area contributed by atoms with Gasteiger partial charge in [0.15, 0.2) is 0 Å². The van der Waals surface area contributed by atoms with E-state index in [1.54, 1.807) is 0 Å². The maximum Gasteiger partial charge on any atom is 0.0793 e. The average molecular weight is 246 g/mol. The van der Waals surface area contributed by atoms with Crippen LogP contribution in [0.4, 0.5) is 0 Å². The average Bonchev–Trinajstić information content (AvgIpc) is 2.85. The minimum Gasteiger partial charge on any atom is -0.388 e. The second-order valence-corrected chi connectivity index (χ2v) is 5.44. The van der Waals surface area contributed by atoms with Crippen LogP contribution in [0.25, 0.3) is 0 Å². The van der Waals surface area contributed by atoms with Crippen molar-refractivity contribution in [1.29, 1.82) is 0 Å². The lowest BCUT2D eigenvalue weighted by Gasteiger charge is -2.09. The minimum absolute atomic E-state index is 0.344. The molecule has 0 saturated heterocycles. The molecule has 1 unspecified atom stereocenters. The molecule has 1 N–H and O–H groups in total. The molecule has 0 spiro atoms. The van der Waals surface area contributed by atoms with Crippen molar-refractivity contribution < 1.29 is 5.11 Å². The van der Waals surface area contributed by atoms with E-state index in [-0.39, 0.29) is 6.10 Å². The molecule has 0 bridgehead atoms. The summed E-state index contributed by atoms with van der Waals surface area (Å²) in [5.41, 5.74) is 1.01. The summed E-state index contributed by atoms with van der Waals surface area (Å²) in [4.78, 5) is 2.80. The zero-order valence-electron chi connectivity index (χ0n) is 10.1. The quantitative estimate of drug-likeness (QED) is 0.846. The Morgan fingerprint density at radius 1 is 1.06 bits per heavy atom. The number of aliphatic hydroxyl groups excluding tert-OH is 1. The molecule has 1 nitrogen and oxygen atoms in total. The summed E-state index contributed by atoms with van der Waals surface area (Å²) in [6.45, 7) is 2.18. The lowest BCUT2D eigenvalue weighted by molar-refractivity contribution is 0.168. The summed E-state index contributed by atoms with van der Waals surface area (Å²) in [7, 11) is 0. The maximum absolute atomic E-state index is 10.1. The first-order valence-corrected chi connectivity index (χ1v) is 6.92. The van der Waals surface area contributed by atoms with Crippen molar-refractivity contribution in [1.82, 2.24) is 0 Å². The molecule has 0 saturated carbocycles. The molecule has 1 aromatic carbocycles. The molecular weight excluding hydrogens is 228 g/mol. The SMILES string of the molecule is CCc1ccc(CCC(O)c2ccccc2)s1. The van der Waals surface area contributed by atoms with Crippen LogP contribution in [0.3, 0.4) is 0 Å². The van der Waals surface area contributed by atoms with Gasteiger partial charge in [0, 0.05) is 9.75 Å². The van der Waals surface area contributed by atoms with Gasteiger partial charge in [-0.25, -0.2) is 0 Å². The summed E-state index contributed by atoms with van der Waals surface area (Å²) in [6, 6.07) is 14.3. The van der Waals surface area contributed by atoms with Crippen LogP contribution in [0.15, 0.2) is 42.5 Å². The van der Waals surface area contributed by atoms with Gasteiger partial charge in [-0.15, -0.1) is 11.3 Å². The van der Waals surface area contributed by atoms with Crippen LogP contribution >= 0.6 is 11.3 Å². The van der Waals surface area contributed by atoms with E-state index in [9.17, 15) is 5.11 Å². The third kappa shape index (κ3) is 3.42. The highest BCUT2D eigenvalue weighted by Gasteiger charge is 2.07. The van der Waals surface area contributed by atoms with Crippen LogP contribution in [0.1, 0.15) is 34.8 Å². The molecule has 0 fully saturated rings. The predicted octanol–water partition coefficient (Wildman–Crippen LogP) is 3.98. The maximum atomic E-state index is 10.1. The van der Waals surface area contributed by atoms with Crippen molar-refractivity contribution in [2.45, 2.75) is 32.3 Å². The summed E-state index contributed by atoms with van der Waals surface area (Å²) < 4.78 is 0. The molecule has 1 atom stereocenters. The molecular formula is C15H18OS. The van der Waals surface area contributed by atoms with E-state index in [2.05, 4.69) is 19.1 Å². The second-order valence-electron chi connectivity index (χ2n) is 4.19. The van der Waals surface area contributed by atoms with Gasteiger partial charge in [0.25, 0.3) is 0 Å². The van der Waals surface area contributed by atoms with Gasteiger partial charge in [0.2, 0.25) is 0 Å². The number of hydrogen-bond donors (Lipinski definition) is 1. The molecule has 90 valence electrons. The summed E-state index contributed by atoms with van der Waals surface area (Å²) in [6.07, 6.45) is 2.52. The predicted molar refractivity (Wildman–Crippen MR) is 73.4 cm³/mol. The smallest absolute Gasteiger partial charge is 0.0793 e. The first kappa shape index (κ1) is 12.3. The first-order chi connectivity index (χ1) is 8.29. The Labute approximate surface area is 107 Å². The number of aliphatic hydroxyl groups is 1. The minimum atomic E-state index is -0.344. The zero-order valence-corrected chi connectivity index (χ0v) is 10.9. The molecule has 1 heterocycles. The van der Waals surface area contributed by atoms with Crippen LogP contribution in [0, 0.1) is 0 Å². The number of hydrogen-bond acceptors (Lipinski definition) is 2. The van der Waals surface area contributed by atoms with Gasteiger partial charge in [0.05, 0.1) is 6.10 Å². The van der Waals surface area contributed by atoms with Crippen LogP contribution in [-0.2, 0) is 12.8 Å². The Morgan fingerprint density at radius 2 is 1.76 bits per heavy atom. The normalized spacial score (nSPS) is 12.6. The molecule has 0 aliphatic carbocycles. The van der Waals surface area contributed by atoms with Crippen LogP contribution in [0.2, 0.25) is 0 Å². The van der Waals surface area contributed by atoms with Crippen LogP contribution in [0.5, 0.6) is 0 Å². The lowest BCUT2D eigenvalue weighted by Crippen LogP contribution is -1.98. The highest BCUT2D eigenvalue weighted by Crippen LogP contribution is 2.23. The van der Waals surface area contributed by atoms with Crippen LogP contribution < -0.4 is 0 Å². The van der Waals surface area contributed by atoms with Gasteiger partial charge < -0.3 is 5.11 Å². The van der Waals surface area contributed by atoms with E-state index in [1.165, 1.54) is 9.75 Å². The first-order valence-electron chi connectivity index (χ1n) is 6.10. The van der Waals surface area contributed by atoms with Gasteiger partial charge >= 0.3 is 0 Å². The molecule has 1 aromatic heterocycles. The highest BCUT2D eigenvalue weighted by molar-refractivity contribution is 7.11. The van der Waals surface area contributed by atoms with Crippen molar-refractivity contribution in [3.8, 4) is 0 Å².